The van der Waals surface area contributed by atoms with Crippen LogP contribution in [-0.2, 0) is 0 Å². The Morgan fingerprint density at radius 1 is 1.14 bits per heavy atom. The Morgan fingerprint density at radius 2 is 1.43 bits per heavy atom. The topological polar surface area (TPSA) is 86.2 Å². The molecule has 0 aromatic rings. The molecular weight excluding hydrogens is 108 g/mol. The lowest BCUT2D eigenvalue weighted by molar-refractivity contribution is 0.261. The van der Waals surface area contributed by atoms with E-state index in [4.69, 9.17) is 0 Å². The van der Waals surface area contributed by atoms with Crippen molar-refractivity contribution in [1.82, 2.24) is 0 Å². The summed E-state index contributed by atoms with van der Waals surface area (Å²) in [4.78, 5) is 19.6. The van der Waals surface area contributed by atoms with Crippen LogP contribution in [0.25, 0.3) is 0 Å². The number of hydrogen-bond donors (Lipinski definition) is 2. The van der Waals surface area contributed by atoms with Gasteiger partial charge in [0.1, 0.15) is 0 Å². The van der Waals surface area contributed by atoms with Gasteiger partial charge in [-0.3, -0.25) is 0 Å². The van der Waals surface area contributed by atoms with Crippen LogP contribution in [0.2, 0.25) is 0 Å². The molecule has 0 saturated heterocycles. The first-order valence-corrected chi connectivity index (χ1v) is 3.11. The highest BCUT2D eigenvalue weighted by molar-refractivity contribution is 6.96. The molecule has 0 heterocycles. The molecule has 0 aromatic heterocycles. The molecule has 4 N–H and O–H groups in total. The van der Waals surface area contributed by atoms with Crippen LogP contribution in [-0.4, -0.2) is 28.4 Å². The molecule has 5 heteroatoms. The Hall–Kier alpha value is -0.294. The third-order valence-corrected chi connectivity index (χ3v) is 1.05. The molecule has 0 saturated carbocycles. The van der Waals surface area contributed by atoms with Crippen LogP contribution in [0.3, 0.4) is 0 Å². The summed E-state index contributed by atoms with van der Waals surface area (Å²) in [6.07, 6.45) is 0. The maximum atomic E-state index is 9.79. The minimum Gasteiger partial charge on any atom is -0.396 e. The van der Waals surface area contributed by atoms with E-state index in [9.17, 15) is 9.59 Å². The zero-order chi connectivity index (χ0) is 5.86. The van der Waals surface area contributed by atoms with Crippen LogP contribution in [0.4, 0.5) is 9.59 Å². The zero-order valence-corrected chi connectivity index (χ0v) is 5.09. The molecular formula is C2H4MgN2O2. The van der Waals surface area contributed by atoms with Crippen molar-refractivity contribution < 1.29 is 9.59 Å². The van der Waals surface area contributed by atoms with Gasteiger partial charge in [-0.05, 0) is 0 Å². The molecule has 0 fully saturated rings. The number of rotatable bonds is 2. The largest absolute Gasteiger partial charge is 0.632 e. The van der Waals surface area contributed by atoms with Gasteiger partial charge >= 0.3 is 20.4 Å². The van der Waals surface area contributed by atoms with E-state index in [1.54, 1.807) is 0 Å². The van der Waals surface area contributed by atoms with E-state index in [-0.39, 0.29) is 0 Å². The summed E-state index contributed by atoms with van der Waals surface area (Å²) in [5.41, 5.74) is 9.23. The van der Waals surface area contributed by atoms with Gasteiger partial charge < -0.3 is 21.1 Å². The van der Waals surface area contributed by atoms with E-state index in [1.807, 2.05) is 0 Å². The Morgan fingerprint density at radius 3 is 1.43 bits per heavy atom. The fourth-order valence-electron chi connectivity index (χ4n) is 0.172. The Labute approximate surface area is 49.9 Å². The number of amides is 2. The summed E-state index contributed by atoms with van der Waals surface area (Å²) in [7, 11) is 0. The minimum atomic E-state index is -1.44. The first kappa shape index (κ1) is 6.71. The maximum Gasteiger partial charge on any atom is 0.632 e. The van der Waals surface area contributed by atoms with Gasteiger partial charge in [0.05, 0.1) is 8.07 Å². The molecule has 7 heavy (non-hydrogen) atoms. The van der Waals surface area contributed by atoms with E-state index in [1.165, 1.54) is 0 Å². The molecule has 0 atom stereocenters. The molecule has 0 aliphatic carbocycles. The summed E-state index contributed by atoms with van der Waals surface area (Å²) >= 11 is -1.44. The smallest absolute Gasteiger partial charge is 0.396 e. The van der Waals surface area contributed by atoms with Crippen molar-refractivity contribution in [1.29, 1.82) is 0 Å². The van der Waals surface area contributed by atoms with Gasteiger partial charge in [0.2, 0.25) is 0 Å². The average Bonchev–Trinajstić information content (AvgIpc) is 1.27. The molecule has 4 nitrogen and oxygen atoms in total. The van der Waals surface area contributed by atoms with Gasteiger partial charge in [-0.1, -0.05) is 0 Å². The highest BCUT2D eigenvalue weighted by Gasteiger charge is 2.08. The van der Waals surface area contributed by atoms with Crippen molar-refractivity contribution in [3.8, 4) is 0 Å². The number of hydrogen-bond acceptors (Lipinski definition) is 2. The third-order valence-electron chi connectivity index (χ3n) is 0.348. The lowest BCUT2D eigenvalue weighted by atomic mass is 11.4. The molecule has 36 valence electrons. The molecule has 0 spiro atoms. The zero-order valence-electron chi connectivity index (χ0n) is 3.68. The SMILES string of the molecule is N[C](=O)[Mg][C](N)=O. The van der Waals surface area contributed by atoms with Gasteiger partial charge in [-0.2, -0.15) is 0 Å². The van der Waals surface area contributed by atoms with Gasteiger partial charge in [0, 0.05) is 0 Å². The molecule has 0 unspecified atom stereocenters. The number of carbonyl (C=O) groups excluding carboxylic acids is 2. The second-order valence-corrected chi connectivity index (χ2v) is 2.86. The summed E-state index contributed by atoms with van der Waals surface area (Å²) in [5.74, 6) is 0. The Bertz CT molecular complexity index is 89.9. The van der Waals surface area contributed by atoms with E-state index >= 15 is 0 Å². The maximum absolute atomic E-state index is 9.79. The van der Waals surface area contributed by atoms with Crippen molar-refractivity contribution in [2.75, 3.05) is 0 Å². The summed E-state index contributed by atoms with van der Waals surface area (Å²) in [5, 5.41) is 0. The predicted molar refractivity (Wildman–Crippen MR) is 24.9 cm³/mol. The van der Waals surface area contributed by atoms with Crippen LogP contribution < -0.4 is 11.5 Å². The Kier molecular flexibility index (Phi) is 2.69. The monoisotopic (exact) mass is 112 g/mol. The molecule has 0 aromatic carbocycles. The van der Waals surface area contributed by atoms with Crippen LogP contribution in [0.1, 0.15) is 0 Å². The Balaban J connectivity index is 3.32. The van der Waals surface area contributed by atoms with Crippen LogP contribution in [0, 0.1) is 0 Å². The average molecular weight is 112 g/mol. The van der Waals surface area contributed by atoms with Crippen molar-refractivity contribution in [3.05, 3.63) is 0 Å². The predicted octanol–water partition coefficient (Wildman–Crippen LogP) is -1.15. The van der Waals surface area contributed by atoms with Crippen LogP contribution >= 0.6 is 0 Å². The van der Waals surface area contributed by atoms with E-state index < -0.39 is 28.4 Å². The van der Waals surface area contributed by atoms with Gasteiger partial charge in [0.25, 0.3) is 0 Å². The quantitative estimate of drug-likeness (QED) is 0.442. The number of primary amides is 2. The van der Waals surface area contributed by atoms with E-state index in [2.05, 4.69) is 11.5 Å². The molecule has 0 aliphatic heterocycles. The van der Waals surface area contributed by atoms with Gasteiger partial charge in [-0.25, -0.2) is 0 Å². The van der Waals surface area contributed by atoms with Crippen LogP contribution in [0.5, 0.6) is 0 Å². The van der Waals surface area contributed by atoms with E-state index in [0.717, 1.165) is 0 Å². The van der Waals surface area contributed by atoms with Crippen molar-refractivity contribution in [2.45, 2.75) is 0 Å². The van der Waals surface area contributed by atoms with Crippen molar-refractivity contribution >= 4 is 28.4 Å². The van der Waals surface area contributed by atoms with Gasteiger partial charge in [0.15, 0.2) is 0 Å². The van der Waals surface area contributed by atoms with Gasteiger partial charge in [-0.15, -0.1) is 0 Å². The number of nitrogens with two attached hydrogens (primary N) is 2. The standard InChI is InChI=1S/2CH2NO.Mg/c2*2-1-3;/h2*(H2,2,3);. The van der Waals surface area contributed by atoms with E-state index in [0.29, 0.717) is 0 Å². The molecule has 0 aliphatic rings. The minimum absolute atomic E-state index is 0.549. The van der Waals surface area contributed by atoms with Crippen LogP contribution in [0.15, 0.2) is 0 Å². The fourth-order valence-corrected chi connectivity index (χ4v) is 0.515. The second-order valence-electron chi connectivity index (χ2n) is 1.11. The lowest BCUT2D eigenvalue weighted by Crippen LogP contribution is -2.29. The second kappa shape index (κ2) is 2.81. The molecule has 0 rings (SSSR count). The normalized spacial score (nSPS) is 6.86. The molecule has 2 amide bonds. The lowest BCUT2D eigenvalue weighted by Gasteiger charge is -1.79. The van der Waals surface area contributed by atoms with Crippen molar-refractivity contribution in [2.24, 2.45) is 11.5 Å². The summed E-state index contributed by atoms with van der Waals surface area (Å²) in [6, 6.07) is 0. The fraction of sp³-hybridized carbons (Fsp3) is 0. The number of carbonyl (C=O) groups is 2. The summed E-state index contributed by atoms with van der Waals surface area (Å²) in [6.45, 7) is 0. The third kappa shape index (κ3) is 5.71. The molecule has 0 radical (unpaired) electrons. The first-order valence-electron chi connectivity index (χ1n) is 1.69. The first-order chi connectivity index (χ1) is 3.13. The highest BCUT2D eigenvalue weighted by atomic mass is 24.5. The summed E-state index contributed by atoms with van der Waals surface area (Å²) < 4.78 is -1.10. The van der Waals surface area contributed by atoms with Crippen molar-refractivity contribution in [3.63, 3.8) is 0 Å². The molecule has 0 bridgehead atoms. The highest BCUT2D eigenvalue weighted by Crippen LogP contribution is 1.58.